The molecule has 3 N–H and O–H groups in total. The van der Waals surface area contributed by atoms with Crippen LogP contribution in [0.2, 0.25) is 5.02 Å². The van der Waals surface area contributed by atoms with Gasteiger partial charge in [-0.15, -0.1) is 0 Å². The van der Waals surface area contributed by atoms with Crippen LogP contribution in [0.25, 0.3) is 0 Å². The molecule has 1 saturated carbocycles. The Morgan fingerprint density at radius 2 is 2.05 bits per heavy atom. The molecule has 0 radical (unpaired) electrons. The van der Waals surface area contributed by atoms with Crippen molar-refractivity contribution in [3.8, 4) is 0 Å². The minimum absolute atomic E-state index is 0.103. The number of hydrogen-bond donors (Lipinski definition) is 2. The van der Waals surface area contributed by atoms with E-state index in [1.54, 1.807) is 0 Å². The fraction of sp³-hybridized carbons (Fsp3) is 0.538. The molecule has 2 atom stereocenters. The number of halogens is 4. The van der Waals surface area contributed by atoms with Gasteiger partial charge in [-0.25, -0.2) is 0 Å². The van der Waals surface area contributed by atoms with Gasteiger partial charge >= 0.3 is 6.18 Å². The van der Waals surface area contributed by atoms with Crippen molar-refractivity contribution in [2.45, 2.75) is 31.5 Å². The number of alkyl halides is 3. The first-order valence-electron chi connectivity index (χ1n) is 6.25. The number of rotatable bonds is 3. The van der Waals surface area contributed by atoms with Crippen LogP contribution in [0.4, 0.5) is 18.9 Å². The minimum atomic E-state index is -4.36. The van der Waals surface area contributed by atoms with E-state index in [-0.39, 0.29) is 6.04 Å². The van der Waals surface area contributed by atoms with Gasteiger partial charge in [-0.2, -0.15) is 13.2 Å². The Morgan fingerprint density at radius 3 is 2.68 bits per heavy atom. The van der Waals surface area contributed by atoms with Gasteiger partial charge in [0.25, 0.3) is 0 Å². The summed E-state index contributed by atoms with van der Waals surface area (Å²) in [6.45, 7) is 0.536. The quantitative estimate of drug-likeness (QED) is 0.887. The van der Waals surface area contributed by atoms with Crippen LogP contribution >= 0.6 is 11.6 Å². The second kappa shape index (κ2) is 5.59. The lowest BCUT2D eigenvalue weighted by Gasteiger charge is -2.22. The summed E-state index contributed by atoms with van der Waals surface area (Å²) in [6, 6.07) is 3.43. The summed E-state index contributed by atoms with van der Waals surface area (Å²) >= 11 is 5.95. The molecule has 1 aliphatic rings. The standard InChI is InChI=1S/C13H16ClF3N2/c14-10-5-4-9(13(15,16)17)6-12(10)19-11-3-1-2-8(11)7-18/h4-6,8,11,19H,1-3,7,18H2. The molecule has 2 unspecified atom stereocenters. The fourth-order valence-corrected chi connectivity index (χ4v) is 2.69. The molecule has 19 heavy (non-hydrogen) atoms. The SMILES string of the molecule is NCC1CCCC1Nc1cc(C(F)(F)F)ccc1Cl. The molecule has 0 heterocycles. The van der Waals surface area contributed by atoms with Gasteiger partial charge in [0.05, 0.1) is 16.3 Å². The second-order valence-corrected chi connectivity index (χ2v) is 5.28. The Labute approximate surface area is 115 Å². The molecule has 1 aliphatic carbocycles. The van der Waals surface area contributed by atoms with E-state index in [0.717, 1.165) is 31.4 Å². The first-order chi connectivity index (χ1) is 8.91. The predicted molar refractivity (Wildman–Crippen MR) is 70.3 cm³/mol. The van der Waals surface area contributed by atoms with Gasteiger partial charge < -0.3 is 11.1 Å². The van der Waals surface area contributed by atoms with Gasteiger partial charge in [-0.3, -0.25) is 0 Å². The lowest BCUT2D eigenvalue weighted by molar-refractivity contribution is -0.137. The third-order valence-electron chi connectivity index (χ3n) is 3.60. The molecule has 0 saturated heterocycles. The van der Waals surface area contributed by atoms with Crippen molar-refractivity contribution in [2.75, 3.05) is 11.9 Å². The average molecular weight is 293 g/mol. The third-order valence-corrected chi connectivity index (χ3v) is 3.93. The molecule has 0 amide bonds. The maximum absolute atomic E-state index is 12.7. The fourth-order valence-electron chi connectivity index (χ4n) is 2.52. The molecule has 0 spiro atoms. The van der Waals surface area contributed by atoms with Crippen LogP contribution in [0.1, 0.15) is 24.8 Å². The summed E-state index contributed by atoms with van der Waals surface area (Å²) in [4.78, 5) is 0. The van der Waals surface area contributed by atoms with Gasteiger partial charge in [0, 0.05) is 6.04 Å². The zero-order valence-electron chi connectivity index (χ0n) is 10.3. The van der Waals surface area contributed by atoms with Gasteiger partial charge in [0.1, 0.15) is 0 Å². The summed E-state index contributed by atoms with van der Waals surface area (Å²) in [7, 11) is 0. The molecular weight excluding hydrogens is 277 g/mol. The van der Waals surface area contributed by atoms with Crippen molar-refractivity contribution in [2.24, 2.45) is 11.7 Å². The molecule has 1 aromatic carbocycles. The van der Waals surface area contributed by atoms with Crippen molar-refractivity contribution in [1.82, 2.24) is 0 Å². The molecular formula is C13H16ClF3N2. The Hall–Kier alpha value is -0.940. The van der Waals surface area contributed by atoms with Gasteiger partial charge in [-0.1, -0.05) is 18.0 Å². The lowest BCUT2D eigenvalue weighted by atomic mass is 10.0. The highest BCUT2D eigenvalue weighted by atomic mass is 35.5. The zero-order valence-corrected chi connectivity index (χ0v) is 11.1. The van der Waals surface area contributed by atoms with Crippen molar-refractivity contribution in [1.29, 1.82) is 0 Å². The van der Waals surface area contributed by atoms with Crippen LogP contribution in [-0.2, 0) is 6.18 Å². The molecule has 0 bridgehead atoms. The molecule has 1 fully saturated rings. The van der Waals surface area contributed by atoms with Crippen molar-refractivity contribution in [3.05, 3.63) is 28.8 Å². The molecule has 1 aromatic rings. The van der Waals surface area contributed by atoms with E-state index in [9.17, 15) is 13.2 Å². The molecule has 106 valence electrons. The Morgan fingerprint density at radius 1 is 1.32 bits per heavy atom. The largest absolute Gasteiger partial charge is 0.416 e. The Kier molecular flexibility index (Phi) is 4.26. The van der Waals surface area contributed by atoms with Crippen LogP contribution in [-0.4, -0.2) is 12.6 Å². The van der Waals surface area contributed by atoms with Crippen molar-refractivity contribution in [3.63, 3.8) is 0 Å². The highest BCUT2D eigenvalue weighted by Gasteiger charge is 2.32. The first-order valence-corrected chi connectivity index (χ1v) is 6.63. The topological polar surface area (TPSA) is 38.0 Å². The average Bonchev–Trinajstić information content (AvgIpc) is 2.77. The van der Waals surface area contributed by atoms with Crippen LogP contribution in [0.15, 0.2) is 18.2 Å². The third kappa shape index (κ3) is 3.34. The number of nitrogens with two attached hydrogens (primary N) is 1. The van der Waals surface area contributed by atoms with E-state index in [0.29, 0.717) is 23.2 Å². The van der Waals surface area contributed by atoms with Crippen LogP contribution in [0.5, 0.6) is 0 Å². The predicted octanol–water partition coefficient (Wildman–Crippen LogP) is 3.90. The number of anilines is 1. The Bertz CT molecular complexity index is 448. The highest BCUT2D eigenvalue weighted by molar-refractivity contribution is 6.33. The van der Waals surface area contributed by atoms with Crippen LogP contribution in [0.3, 0.4) is 0 Å². The maximum Gasteiger partial charge on any atom is 0.416 e. The number of hydrogen-bond acceptors (Lipinski definition) is 2. The van der Waals surface area contributed by atoms with E-state index in [1.807, 2.05) is 0 Å². The van der Waals surface area contributed by atoms with Gasteiger partial charge in [-0.05, 0) is 43.5 Å². The van der Waals surface area contributed by atoms with Crippen LogP contribution < -0.4 is 11.1 Å². The van der Waals surface area contributed by atoms with E-state index in [4.69, 9.17) is 17.3 Å². The number of nitrogens with one attached hydrogen (secondary N) is 1. The second-order valence-electron chi connectivity index (χ2n) is 4.87. The van der Waals surface area contributed by atoms with Crippen molar-refractivity contribution < 1.29 is 13.2 Å². The number of benzene rings is 1. The summed E-state index contributed by atoms with van der Waals surface area (Å²) in [6.07, 6.45) is -1.40. The maximum atomic E-state index is 12.7. The molecule has 0 aromatic heterocycles. The van der Waals surface area contributed by atoms with Gasteiger partial charge in [0.2, 0.25) is 0 Å². The summed E-state index contributed by atoms with van der Waals surface area (Å²) in [5.74, 6) is 0.297. The molecule has 0 aliphatic heterocycles. The summed E-state index contributed by atoms with van der Waals surface area (Å²) < 4.78 is 38.0. The normalized spacial score (nSPS) is 23.6. The van der Waals surface area contributed by atoms with E-state index in [1.165, 1.54) is 6.07 Å². The molecule has 6 heteroatoms. The summed E-state index contributed by atoms with van der Waals surface area (Å²) in [5, 5.41) is 3.41. The first kappa shape index (κ1) is 14.5. The van der Waals surface area contributed by atoms with Crippen LogP contribution in [0, 0.1) is 5.92 Å². The highest BCUT2D eigenvalue weighted by Crippen LogP contribution is 2.36. The zero-order chi connectivity index (χ0) is 14.0. The minimum Gasteiger partial charge on any atom is -0.381 e. The molecule has 2 rings (SSSR count). The molecule has 2 nitrogen and oxygen atoms in total. The van der Waals surface area contributed by atoms with Crippen molar-refractivity contribution >= 4 is 17.3 Å². The van der Waals surface area contributed by atoms with E-state index < -0.39 is 11.7 Å². The van der Waals surface area contributed by atoms with Gasteiger partial charge in [0.15, 0.2) is 0 Å². The smallest absolute Gasteiger partial charge is 0.381 e. The lowest BCUT2D eigenvalue weighted by Crippen LogP contribution is -2.29. The van der Waals surface area contributed by atoms with E-state index in [2.05, 4.69) is 5.32 Å². The Balaban J connectivity index is 2.20. The summed E-state index contributed by atoms with van der Waals surface area (Å²) in [5.41, 5.74) is 5.30. The monoisotopic (exact) mass is 292 g/mol. The van der Waals surface area contributed by atoms with E-state index >= 15 is 0 Å².